The Morgan fingerprint density at radius 3 is 3.19 bits per heavy atom. The third-order valence-electron chi connectivity index (χ3n) is 2.64. The summed E-state index contributed by atoms with van der Waals surface area (Å²) in [6.45, 7) is 3.67. The molecule has 2 rings (SSSR count). The SMILES string of the molecule is C=CC(=O)OCc1ccc2c(c1)C=CCC2. The fraction of sp³-hybridized carbons (Fsp3) is 0.214. The molecule has 1 aliphatic rings. The lowest BCUT2D eigenvalue weighted by Gasteiger charge is -2.11. The van der Waals surface area contributed by atoms with Crippen molar-refractivity contribution in [3.8, 4) is 0 Å². The molecule has 2 nitrogen and oxygen atoms in total. The van der Waals surface area contributed by atoms with E-state index in [2.05, 4.69) is 30.9 Å². The first kappa shape index (κ1) is 10.7. The standard InChI is InChI=1S/C14H14O2/c1-2-14(15)16-10-11-7-8-12-5-3-4-6-13(12)9-11/h2,4,6-9H,1,3,5,10H2. The molecule has 0 saturated heterocycles. The van der Waals surface area contributed by atoms with Crippen LogP contribution in [0.25, 0.3) is 6.08 Å². The summed E-state index contributed by atoms with van der Waals surface area (Å²) in [7, 11) is 0. The van der Waals surface area contributed by atoms with E-state index in [9.17, 15) is 4.79 Å². The molecule has 0 aromatic heterocycles. The summed E-state index contributed by atoms with van der Waals surface area (Å²) >= 11 is 0. The number of aryl methyl sites for hydroxylation is 1. The number of ether oxygens (including phenoxy) is 1. The van der Waals surface area contributed by atoms with Gasteiger partial charge in [0.1, 0.15) is 6.61 Å². The number of carbonyl (C=O) groups is 1. The number of esters is 1. The van der Waals surface area contributed by atoms with Crippen LogP contribution in [0.1, 0.15) is 23.1 Å². The van der Waals surface area contributed by atoms with Crippen LogP contribution >= 0.6 is 0 Å². The number of benzene rings is 1. The van der Waals surface area contributed by atoms with Crippen LogP contribution < -0.4 is 0 Å². The third-order valence-corrected chi connectivity index (χ3v) is 2.64. The van der Waals surface area contributed by atoms with Crippen LogP contribution in [0, 0.1) is 0 Å². The Bertz CT molecular complexity index is 444. The number of fused-ring (bicyclic) bond motifs is 1. The number of rotatable bonds is 3. The van der Waals surface area contributed by atoms with Crippen LogP contribution in [0.5, 0.6) is 0 Å². The molecule has 82 valence electrons. The number of hydrogen-bond donors (Lipinski definition) is 0. The molecule has 0 atom stereocenters. The van der Waals surface area contributed by atoms with Crippen LogP contribution in [0.2, 0.25) is 0 Å². The van der Waals surface area contributed by atoms with E-state index in [1.807, 2.05) is 6.07 Å². The van der Waals surface area contributed by atoms with Gasteiger partial charge in [0.2, 0.25) is 0 Å². The monoisotopic (exact) mass is 214 g/mol. The Hall–Kier alpha value is -1.83. The maximum atomic E-state index is 10.9. The lowest BCUT2D eigenvalue weighted by atomic mass is 9.96. The molecule has 0 aliphatic heterocycles. The molecule has 0 spiro atoms. The predicted octanol–water partition coefficient (Wildman–Crippen LogP) is 2.88. The Kier molecular flexibility index (Phi) is 3.20. The van der Waals surface area contributed by atoms with Crippen molar-refractivity contribution in [2.45, 2.75) is 19.4 Å². The van der Waals surface area contributed by atoms with E-state index in [4.69, 9.17) is 4.74 Å². The molecule has 0 radical (unpaired) electrons. The fourth-order valence-electron chi connectivity index (χ4n) is 1.78. The zero-order chi connectivity index (χ0) is 11.4. The second-order valence-corrected chi connectivity index (χ2v) is 3.79. The van der Waals surface area contributed by atoms with Crippen LogP contribution in [0.15, 0.2) is 36.9 Å². The molecule has 1 aliphatic carbocycles. The summed E-state index contributed by atoms with van der Waals surface area (Å²) < 4.78 is 4.99. The van der Waals surface area contributed by atoms with Crippen molar-refractivity contribution in [3.63, 3.8) is 0 Å². The number of hydrogen-bond acceptors (Lipinski definition) is 2. The van der Waals surface area contributed by atoms with E-state index in [1.165, 1.54) is 17.2 Å². The average molecular weight is 214 g/mol. The van der Waals surface area contributed by atoms with Gasteiger partial charge in [-0.3, -0.25) is 0 Å². The first-order valence-electron chi connectivity index (χ1n) is 5.37. The molecule has 0 fully saturated rings. The maximum absolute atomic E-state index is 10.9. The van der Waals surface area contributed by atoms with Crippen molar-refractivity contribution in [2.75, 3.05) is 0 Å². The molecule has 0 heterocycles. The summed E-state index contributed by atoms with van der Waals surface area (Å²) in [6.07, 6.45) is 7.67. The zero-order valence-corrected chi connectivity index (χ0v) is 9.11. The molecule has 0 N–H and O–H groups in total. The first-order chi connectivity index (χ1) is 7.79. The van der Waals surface area contributed by atoms with Crippen LogP contribution in [-0.2, 0) is 22.6 Å². The van der Waals surface area contributed by atoms with Crippen molar-refractivity contribution in [1.82, 2.24) is 0 Å². The molecule has 0 saturated carbocycles. The van der Waals surface area contributed by atoms with Crippen LogP contribution in [0.3, 0.4) is 0 Å². The normalized spacial score (nSPS) is 13.0. The van der Waals surface area contributed by atoms with Crippen molar-refractivity contribution >= 4 is 12.0 Å². The highest BCUT2D eigenvalue weighted by atomic mass is 16.5. The minimum Gasteiger partial charge on any atom is -0.458 e. The van der Waals surface area contributed by atoms with E-state index in [0.29, 0.717) is 6.61 Å². The van der Waals surface area contributed by atoms with Gasteiger partial charge >= 0.3 is 5.97 Å². The minimum atomic E-state index is -0.381. The van der Waals surface area contributed by atoms with Gasteiger partial charge in [-0.05, 0) is 35.6 Å². The summed E-state index contributed by atoms with van der Waals surface area (Å²) in [4.78, 5) is 10.9. The third kappa shape index (κ3) is 2.40. The topological polar surface area (TPSA) is 26.3 Å². The Labute approximate surface area is 95.2 Å². The van der Waals surface area contributed by atoms with E-state index in [0.717, 1.165) is 18.4 Å². The number of allylic oxidation sites excluding steroid dienone is 1. The number of carbonyl (C=O) groups excluding carboxylic acids is 1. The molecule has 16 heavy (non-hydrogen) atoms. The predicted molar refractivity (Wildman–Crippen MR) is 63.8 cm³/mol. The van der Waals surface area contributed by atoms with E-state index in [-0.39, 0.29) is 5.97 Å². The van der Waals surface area contributed by atoms with Gasteiger partial charge in [-0.1, -0.05) is 30.9 Å². The van der Waals surface area contributed by atoms with Gasteiger partial charge in [0.15, 0.2) is 0 Å². The van der Waals surface area contributed by atoms with E-state index >= 15 is 0 Å². The lowest BCUT2D eigenvalue weighted by molar-refractivity contribution is -0.138. The van der Waals surface area contributed by atoms with Crippen LogP contribution in [-0.4, -0.2) is 5.97 Å². The molecule has 2 heteroatoms. The first-order valence-corrected chi connectivity index (χ1v) is 5.37. The summed E-state index contributed by atoms with van der Waals surface area (Å²) in [5, 5.41) is 0. The second-order valence-electron chi connectivity index (χ2n) is 3.79. The Morgan fingerprint density at radius 2 is 2.38 bits per heavy atom. The highest BCUT2D eigenvalue weighted by Crippen LogP contribution is 2.20. The van der Waals surface area contributed by atoms with E-state index in [1.54, 1.807) is 0 Å². The second kappa shape index (κ2) is 4.79. The van der Waals surface area contributed by atoms with Gasteiger partial charge in [-0.25, -0.2) is 4.79 Å². The van der Waals surface area contributed by atoms with Gasteiger partial charge in [-0.2, -0.15) is 0 Å². The molecule has 1 aromatic carbocycles. The Balaban J connectivity index is 2.09. The smallest absolute Gasteiger partial charge is 0.330 e. The van der Waals surface area contributed by atoms with Gasteiger partial charge in [0.05, 0.1) is 0 Å². The molecular formula is C14H14O2. The molecule has 0 amide bonds. The molecular weight excluding hydrogens is 200 g/mol. The Morgan fingerprint density at radius 1 is 1.50 bits per heavy atom. The highest BCUT2D eigenvalue weighted by molar-refractivity contribution is 5.81. The summed E-state index contributed by atoms with van der Waals surface area (Å²) in [5.74, 6) is -0.381. The zero-order valence-electron chi connectivity index (χ0n) is 9.11. The lowest BCUT2D eigenvalue weighted by Crippen LogP contribution is -2.01. The van der Waals surface area contributed by atoms with Gasteiger partial charge in [-0.15, -0.1) is 0 Å². The van der Waals surface area contributed by atoms with Crippen molar-refractivity contribution < 1.29 is 9.53 Å². The molecule has 0 unspecified atom stereocenters. The van der Waals surface area contributed by atoms with Gasteiger partial charge < -0.3 is 4.74 Å². The molecule has 0 bridgehead atoms. The van der Waals surface area contributed by atoms with Gasteiger partial charge in [0, 0.05) is 6.08 Å². The maximum Gasteiger partial charge on any atom is 0.330 e. The van der Waals surface area contributed by atoms with Crippen molar-refractivity contribution in [3.05, 3.63) is 53.6 Å². The largest absolute Gasteiger partial charge is 0.458 e. The minimum absolute atomic E-state index is 0.311. The van der Waals surface area contributed by atoms with Crippen molar-refractivity contribution in [1.29, 1.82) is 0 Å². The quantitative estimate of drug-likeness (QED) is 0.571. The summed E-state index contributed by atoms with van der Waals surface area (Å²) in [6, 6.07) is 6.19. The van der Waals surface area contributed by atoms with Crippen LogP contribution in [0.4, 0.5) is 0 Å². The van der Waals surface area contributed by atoms with Crippen molar-refractivity contribution in [2.24, 2.45) is 0 Å². The average Bonchev–Trinajstić information content (AvgIpc) is 2.35. The molecule has 1 aromatic rings. The van der Waals surface area contributed by atoms with E-state index < -0.39 is 0 Å². The fourth-order valence-corrected chi connectivity index (χ4v) is 1.78. The van der Waals surface area contributed by atoms with Gasteiger partial charge in [0.25, 0.3) is 0 Å². The summed E-state index contributed by atoms with van der Waals surface area (Å²) in [5.41, 5.74) is 3.61. The highest BCUT2D eigenvalue weighted by Gasteiger charge is 2.05.